The Balaban J connectivity index is 2.61. The maximum atomic E-state index is 6.32. The molecule has 0 saturated heterocycles. The van der Waals surface area contributed by atoms with E-state index in [1.165, 1.54) is 0 Å². The molecule has 1 radical (unpaired) electrons. The highest BCUT2D eigenvalue weighted by molar-refractivity contribution is 7.98. The highest BCUT2D eigenvalue weighted by atomic mass is 35.5. The molecule has 0 unspecified atom stereocenters. The lowest BCUT2D eigenvalue weighted by Crippen LogP contribution is -1.89. The number of methoxy groups -OCH3 is 1. The third-order valence-electron chi connectivity index (χ3n) is 2.57. The largest absolute Gasteiger partial charge is 0.496 e. The topological polar surface area (TPSA) is 9.23 Å². The molecule has 0 atom stereocenters. The quantitative estimate of drug-likeness (QED) is 0.721. The zero-order valence-electron chi connectivity index (χ0n) is 9.96. The molecule has 0 spiro atoms. The normalized spacial score (nSPS) is 10.4. The number of rotatable bonds is 3. The minimum Gasteiger partial charge on any atom is -0.496 e. The van der Waals surface area contributed by atoms with E-state index in [1.807, 2.05) is 36.6 Å². The molecule has 0 saturated carbocycles. The van der Waals surface area contributed by atoms with Crippen LogP contribution in [0.25, 0.3) is 11.1 Å². The summed E-state index contributed by atoms with van der Waals surface area (Å²) in [5.41, 5.74) is 1.65. The van der Waals surface area contributed by atoms with Crippen molar-refractivity contribution in [2.75, 3.05) is 13.4 Å². The molecule has 0 N–H and O–H groups in total. The molecular weight excluding hydrogens is 287 g/mol. The molecule has 18 heavy (non-hydrogen) atoms. The van der Waals surface area contributed by atoms with Crippen molar-refractivity contribution in [3.8, 4) is 16.9 Å². The van der Waals surface area contributed by atoms with Gasteiger partial charge >= 0.3 is 0 Å². The number of hydrogen-bond acceptors (Lipinski definition) is 2. The van der Waals surface area contributed by atoms with Crippen LogP contribution < -0.4 is 4.74 Å². The van der Waals surface area contributed by atoms with Crippen molar-refractivity contribution in [1.82, 2.24) is 0 Å². The lowest BCUT2D eigenvalue weighted by Gasteiger charge is -2.12. The molecular formula is C14H11Cl2OS. The Morgan fingerprint density at radius 3 is 2.61 bits per heavy atom. The highest BCUT2D eigenvalue weighted by Crippen LogP contribution is 2.41. The van der Waals surface area contributed by atoms with Crippen LogP contribution in [0.15, 0.2) is 35.2 Å². The van der Waals surface area contributed by atoms with E-state index < -0.39 is 0 Å². The van der Waals surface area contributed by atoms with Gasteiger partial charge in [-0.2, -0.15) is 0 Å². The van der Waals surface area contributed by atoms with E-state index in [2.05, 4.69) is 6.07 Å². The Hall–Kier alpha value is -0.830. The van der Waals surface area contributed by atoms with Crippen LogP contribution in [0.2, 0.25) is 10.0 Å². The molecule has 0 bridgehead atoms. The summed E-state index contributed by atoms with van der Waals surface area (Å²) in [6.07, 6.45) is 1.96. The Kier molecular flexibility index (Phi) is 4.44. The molecule has 1 nitrogen and oxygen atoms in total. The minimum absolute atomic E-state index is 0.532. The molecule has 0 heterocycles. The molecule has 0 amide bonds. The SMILES string of the molecule is COc1ccc[c]c1-c1ccc(SC)c(Cl)c1Cl. The van der Waals surface area contributed by atoms with Gasteiger partial charge in [0.25, 0.3) is 0 Å². The smallest absolute Gasteiger partial charge is 0.127 e. The van der Waals surface area contributed by atoms with Crippen LogP contribution >= 0.6 is 35.0 Å². The summed E-state index contributed by atoms with van der Waals surface area (Å²) < 4.78 is 5.31. The van der Waals surface area contributed by atoms with E-state index in [0.29, 0.717) is 10.0 Å². The third-order valence-corrected chi connectivity index (χ3v) is 4.35. The van der Waals surface area contributed by atoms with Crippen molar-refractivity contribution in [2.24, 2.45) is 0 Å². The first-order chi connectivity index (χ1) is 8.69. The molecule has 0 aliphatic rings. The van der Waals surface area contributed by atoms with Gasteiger partial charge < -0.3 is 4.74 Å². The predicted octanol–water partition coefficient (Wildman–Crippen LogP) is 5.19. The minimum atomic E-state index is 0.532. The van der Waals surface area contributed by atoms with E-state index in [1.54, 1.807) is 18.9 Å². The van der Waals surface area contributed by atoms with Crippen LogP contribution in [0.5, 0.6) is 5.75 Å². The van der Waals surface area contributed by atoms with Gasteiger partial charge in [0.15, 0.2) is 0 Å². The Bertz CT molecular complexity index is 570. The summed E-state index contributed by atoms with van der Waals surface area (Å²) in [4.78, 5) is 0.959. The maximum absolute atomic E-state index is 6.32. The van der Waals surface area contributed by atoms with E-state index >= 15 is 0 Å². The van der Waals surface area contributed by atoms with Crippen molar-refractivity contribution in [3.05, 3.63) is 46.4 Å². The standard InChI is InChI=1S/C14H11Cl2OS/c1-17-11-6-4-3-5-9(11)10-7-8-12(18-2)14(16)13(10)15/h3-4,6-8H,1-2H3. The van der Waals surface area contributed by atoms with Gasteiger partial charge in [-0.05, 0) is 24.5 Å². The van der Waals surface area contributed by atoms with Gasteiger partial charge in [0.1, 0.15) is 5.75 Å². The number of halogens is 2. The molecule has 0 aromatic heterocycles. The number of hydrogen-bond donors (Lipinski definition) is 0. The first-order valence-corrected chi connectivity index (χ1v) is 7.24. The first kappa shape index (κ1) is 13.6. The predicted molar refractivity (Wildman–Crippen MR) is 79.1 cm³/mol. The average molecular weight is 298 g/mol. The molecule has 2 aromatic rings. The fraction of sp³-hybridized carbons (Fsp3) is 0.143. The molecule has 0 aliphatic heterocycles. The van der Waals surface area contributed by atoms with Gasteiger partial charge in [0.05, 0.1) is 17.2 Å². The van der Waals surface area contributed by atoms with Crippen LogP contribution in [0.4, 0.5) is 0 Å². The second-order valence-electron chi connectivity index (χ2n) is 3.56. The number of thioether (sulfide) groups is 1. The summed E-state index contributed by atoms with van der Waals surface area (Å²) in [5.74, 6) is 0.729. The van der Waals surface area contributed by atoms with Crippen molar-refractivity contribution >= 4 is 35.0 Å². The van der Waals surface area contributed by atoms with Gasteiger partial charge in [-0.3, -0.25) is 0 Å². The zero-order valence-corrected chi connectivity index (χ0v) is 12.3. The number of ether oxygens (including phenoxy) is 1. The first-order valence-electron chi connectivity index (χ1n) is 5.26. The Morgan fingerprint density at radius 2 is 1.94 bits per heavy atom. The summed E-state index contributed by atoms with van der Waals surface area (Å²) in [6, 6.07) is 12.6. The van der Waals surface area contributed by atoms with Gasteiger partial charge in [-0.15, -0.1) is 11.8 Å². The second-order valence-corrected chi connectivity index (χ2v) is 5.16. The molecule has 2 rings (SSSR count). The highest BCUT2D eigenvalue weighted by Gasteiger charge is 2.14. The third kappa shape index (κ3) is 2.46. The van der Waals surface area contributed by atoms with E-state index in [9.17, 15) is 0 Å². The summed E-state index contributed by atoms with van der Waals surface area (Å²) in [6.45, 7) is 0. The van der Waals surface area contributed by atoms with Crippen LogP contribution in [-0.2, 0) is 0 Å². The van der Waals surface area contributed by atoms with E-state index in [0.717, 1.165) is 21.8 Å². The maximum Gasteiger partial charge on any atom is 0.127 e. The van der Waals surface area contributed by atoms with Gasteiger partial charge in [0.2, 0.25) is 0 Å². The average Bonchev–Trinajstić information content (AvgIpc) is 2.42. The monoisotopic (exact) mass is 297 g/mol. The van der Waals surface area contributed by atoms with Gasteiger partial charge in [-0.25, -0.2) is 0 Å². The fourth-order valence-electron chi connectivity index (χ4n) is 1.68. The van der Waals surface area contributed by atoms with Crippen LogP contribution in [0.3, 0.4) is 0 Å². The molecule has 0 fully saturated rings. The number of benzene rings is 2. The summed E-state index contributed by atoms with van der Waals surface area (Å²) in [7, 11) is 1.62. The molecule has 93 valence electrons. The van der Waals surface area contributed by atoms with E-state index in [4.69, 9.17) is 27.9 Å². The lowest BCUT2D eigenvalue weighted by molar-refractivity contribution is 0.416. The van der Waals surface area contributed by atoms with Crippen LogP contribution in [0, 0.1) is 6.07 Å². The molecule has 0 aliphatic carbocycles. The zero-order chi connectivity index (χ0) is 13.1. The van der Waals surface area contributed by atoms with Crippen LogP contribution in [-0.4, -0.2) is 13.4 Å². The van der Waals surface area contributed by atoms with Crippen molar-refractivity contribution in [3.63, 3.8) is 0 Å². The van der Waals surface area contributed by atoms with Crippen molar-refractivity contribution < 1.29 is 4.74 Å². The van der Waals surface area contributed by atoms with Gasteiger partial charge in [0, 0.05) is 16.0 Å². The summed E-state index contributed by atoms with van der Waals surface area (Å²) >= 11 is 14.1. The lowest BCUT2D eigenvalue weighted by atomic mass is 10.0. The van der Waals surface area contributed by atoms with Crippen molar-refractivity contribution in [2.45, 2.75) is 4.90 Å². The van der Waals surface area contributed by atoms with Gasteiger partial charge in [-0.1, -0.05) is 41.4 Å². The molecule has 4 heteroatoms. The van der Waals surface area contributed by atoms with Crippen molar-refractivity contribution in [1.29, 1.82) is 0 Å². The fourth-order valence-corrected chi connectivity index (χ4v) is 2.88. The Labute approximate surface area is 121 Å². The van der Waals surface area contributed by atoms with E-state index in [-0.39, 0.29) is 0 Å². The Morgan fingerprint density at radius 1 is 1.17 bits per heavy atom. The molecule has 2 aromatic carbocycles. The second kappa shape index (κ2) is 5.87. The van der Waals surface area contributed by atoms with Crippen LogP contribution in [0.1, 0.15) is 0 Å². The summed E-state index contributed by atoms with van der Waals surface area (Å²) in [5, 5.41) is 1.10.